The number of hydrogen-bond donors (Lipinski definition) is 1. The standard InChI is InChI=1S/C37H75ClO/c38-36-34-32-30-28-26-24-22-20-18-16-14-12-10-8-6-4-2-1-3-5-7-9-11-13-15-17-19-21-23-25-27-29-31-33-35-37-39/h39H,1-37H2. The first-order valence-corrected chi connectivity index (χ1v) is 19.1. The Kier molecular flexibility index (Phi) is 38.5. The van der Waals surface area contributed by atoms with Crippen LogP contribution in [0.2, 0.25) is 0 Å². The molecule has 0 heterocycles. The number of aliphatic hydroxyl groups excluding tert-OH is 1. The number of hydrogen-bond acceptors (Lipinski definition) is 1. The van der Waals surface area contributed by atoms with E-state index in [1.165, 1.54) is 218 Å². The molecule has 39 heavy (non-hydrogen) atoms. The first-order chi connectivity index (χ1) is 19.4. The summed E-state index contributed by atoms with van der Waals surface area (Å²) in [4.78, 5) is 0. The Morgan fingerprint density at radius 3 is 0.462 bits per heavy atom. The molecule has 0 spiro atoms. The molecule has 0 aromatic heterocycles. The molecule has 1 N–H and O–H groups in total. The summed E-state index contributed by atoms with van der Waals surface area (Å²) in [6.07, 6.45) is 49.9. The van der Waals surface area contributed by atoms with Crippen molar-refractivity contribution >= 4 is 11.6 Å². The van der Waals surface area contributed by atoms with E-state index in [2.05, 4.69) is 0 Å². The van der Waals surface area contributed by atoms with Gasteiger partial charge >= 0.3 is 0 Å². The summed E-state index contributed by atoms with van der Waals surface area (Å²) >= 11 is 5.73. The van der Waals surface area contributed by atoms with E-state index < -0.39 is 0 Å². The molecule has 0 aliphatic heterocycles. The van der Waals surface area contributed by atoms with Crippen molar-refractivity contribution in [1.82, 2.24) is 0 Å². The number of unbranched alkanes of at least 4 members (excludes halogenated alkanes) is 34. The summed E-state index contributed by atoms with van der Waals surface area (Å²) < 4.78 is 0. The van der Waals surface area contributed by atoms with Gasteiger partial charge in [-0.1, -0.05) is 212 Å². The number of aliphatic hydroxyl groups is 1. The van der Waals surface area contributed by atoms with E-state index in [1.54, 1.807) is 0 Å². The topological polar surface area (TPSA) is 20.2 Å². The van der Waals surface area contributed by atoms with Crippen LogP contribution >= 0.6 is 11.6 Å². The molecule has 0 aromatic carbocycles. The van der Waals surface area contributed by atoms with Gasteiger partial charge in [0, 0.05) is 12.5 Å². The summed E-state index contributed by atoms with van der Waals surface area (Å²) in [5.74, 6) is 0.844. The zero-order valence-corrected chi connectivity index (χ0v) is 27.7. The van der Waals surface area contributed by atoms with Gasteiger partial charge in [0.1, 0.15) is 0 Å². The highest BCUT2D eigenvalue weighted by Crippen LogP contribution is 2.17. The molecule has 0 fully saturated rings. The summed E-state index contributed by atoms with van der Waals surface area (Å²) in [5, 5.41) is 8.79. The van der Waals surface area contributed by atoms with Gasteiger partial charge in [0.15, 0.2) is 0 Å². The molecule has 0 bridgehead atoms. The molecule has 1 nitrogen and oxygen atoms in total. The van der Waals surface area contributed by atoms with Crippen LogP contribution in [0.25, 0.3) is 0 Å². The second-order valence-corrected chi connectivity index (χ2v) is 13.2. The Morgan fingerprint density at radius 2 is 0.333 bits per heavy atom. The lowest BCUT2D eigenvalue weighted by Gasteiger charge is -2.05. The maximum atomic E-state index is 8.79. The highest BCUT2D eigenvalue weighted by atomic mass is 35.5. The molecule has 0 amide bonds. The van der Waals surface area contributed by atoms with Crippen molar-refractivity contribution < 1.29 is 5.11 Å². The molecule has 0 atom stereocenters. The van der Waals surface area contributed by atoms with Gasteiger partial charge in [0.2, 0.25) is 0 Å². The molecule has 0 radical (unpaired) electrons. The molecule has 2 heteroatoms. The highest BCUT2D eigenvalue weighted by molar-refractivity contribution is 6.17. The molecule has 0 aliphatic carbocycles. The minimum absolute atomic E-state index is 0.373. The third-order valence-electron chi connectivity index (χ3n) is 8.79. The third kappa shape index (κ3) is 38.2. The van der Waals surface area contributed by atoms with Crippen LogP contribution in [0.4, 0.5) is 0 Å². The zero-order chi connectivity index (χ0) is 28.2. The van der Waals surface area contributed by atoms with Gasteiger partial charge in [-0.05, 0) is 12.8 Å². The zero-order valence-electron chi connectivity index (χ0n) is 27.0. The van der Waals surface area contributed by atoms with E-state index in [-0.39, 0.29) is 0 Å². The minimum Gasteiger partial charge on any atom is -0.396 e. The quantitative estimate of drug-likeness (QED) is 0.0586. The van der Waals surface area contributed by atoms with Crippen molar-refractivity contribution in [2.75, 3.05) is 12.5 Å². The lowest BCUT2D eigenvalue weighted by molar-refractivity contribution is 0.282. The Hall–Kier alpha value is 0.250. The molecule has 236 valence electrons. The molecule has 0 rings (SSSR count). The van der Waals surface area contributed by atoms with Crippen LogP contribution in [0, 0.1) is 0 Å². The Balaban J connectivity index is 3.01. The lowest BCUT2D eigenvalue weighted by Crippen LogP contribution is -1.85. The highest BCUT2D eigenvalue weighted by Gasteiger charge is 1.97. The molecular weight excluding hydrogens is 496 g/mol. The third-order valence-corrected chi connectivity index (χ3v) is 9.06. The maximum absolute atomic E-state index is 8.79. The molecule has 0 saturated heterocycles. The average Bonchev–Trinajstić information content (AvgIpc) is 2.95. The monoisotopic (exact) mass is 571 g/mol. The second kappa shape index (κ2) is 38.2. The smallest absolute Gasteiger partial charge is 0.0431 e. The molecule has 0 aliphatic rings. The van der Waals surface area contributed by atoms with Gasteiger partial charge in [-0.2, -0.15) is 0 Å². The van der Waals surface area contributed by atoms with Crippen LogP contribution in [0.5, 0.6) is 0 Å². The SMILES string of the molecule is OCCCCCCCCCCCCCCCCCCCCCCCCCCCCCCCCCCCCCCl. The van der Waals surface area contributed by atoms with E-state index >= 15 is 0 Å². The van der Waals surface area contributed by atoms with Crippen molar-refractivity contribution in [3.8, 4) is 0 Å². The predicted octanol–water partition coefficient (Wildman–Crippen LogP) is 13.9. The van der Waals surface area contributed by atoms with Gasteiger partial charge in [0.05, 0.1) is 0 Å². The number of rotatable bonds is 36. The second-order valence-electron chi connectivity index (χ2n) is 12.8. The van der Waals surface area contributed by atoms with E-state index in [4.69, 9.17) is 16.7 Å². The van der Waals surface area contributed by atoms with Crippen molar-refractivity contribution in [1.29, 1.82) is 0 Å². The van der Waals surface area contributed by atoms with Crippen molar-refractivity contribution in [3.05, 3.63) is 0 Å². The summed E-state index contributed by atoms with van der Waals surface area (Å²) in [7, 11) is 0. The Bertz CT molecular complexity index is 363. The fraction of sp³-hybridized carbons (Fsp3) is 1.00. The van der Waals surface area contributed by atoms with Gasteiger partial charge in [-0.25, -0.2) is 0 Å². The summed E-state index contributed by atoms with van der Waals surface area (Å²) in [5.41, 5.74) is 0. The summed E-state index contributed by atoms with van der Waals surface area (Å²) in [6.45, 7) is 0.373. The fourth-order valence-corrected chi connectivity index (χ4v) is 6.23. The summed E-state index contributed by atoms with van der Waals surface area (Å²) in [6, 6.07) is 0. The van der Waals surface area contributed by atoms with Crippen LogP contribution < -0.4 is 0 Å². The first kappa shape index (κ1) is 39.2. The average molecular weight is 571 g/mol. The van der Waals surface area contributed by atoms with E-state index in [9.17, 15) is 0 Å². The number of alkyl halides is 1. The van der Waals surface area contributed by atoms with Crippen LogP contribution in [0.1, 0.15) is 225 Å². The molecular formula is C37H75ClO. The van der Waals surface area contributed by atoms with Gasteiger partial charge in [0.25, 0.3) is 0 Å². The van der Waals surface area contributed by atoms with E-state index in [0.29, 0.717) is 6.61 Å². The largest absolute Gasteiger partial charge is 0.396 e. The fourth-order valence-electron chi connectivity index (χ4n) is 6.04. The van der Waals surface area contributed by atoms with Gasteiger partial charge in [-0.15, -0.1) is 11.6 Å². The molecule has 0 saturated carbocycles. The van der Waals surface area contributed by atoms with Gasteiger partial charge < -0.3 is 5.11 Å². The lowest BCUT2D eigenvalue weighted by atomic mass is 10.0. The van der Waals surface area contributed by atoms with E-state index in [0.717, 1.165) is 12.3 Å². The van der Waals surface area contributed by atoms with Crippen molar-refractivity contribution in [2.45, 2.75) is 225 Å². The molecule has 0 unspecified atom stereocenters. The number of halogens is 1. The van der Waals surface area contributed by atoms with Crippen LogP contribution in [0.3, 0.4) is 0 Å². The Morgan fingerprint density at radius 1 is 0.205 bits per heavy atom. The minimum atomic E-state index is 0.373. The molecule has 0 aromatic rings. The maximum Gasteiger partial charge on any atom is 0.0431 e. The first-order valence-electron chi connectivity index (χ1n) is 18.6. The van der Waals surface area contributed by atoms with Crippen LogP contribution in [0.15, 0.2) is 0 Å². The predicted molar refractivity (Wildman–Crippen MR) is 179 cm³/mol. The van der Waals surface area contributed by atoms with Crippen molar-refractivity contribution in [2.24, 2.45) is 0 Å². The van der Waals surface area contributed by atoms with Gasteiger partial charge in [-0.3, -0.25) is 0 Å². The normalized spacial score (nSPS) is 11.5. The Labute approximate surface area is 253 Å². The van der Waals surface area contributed by atoms with Crippen LogP contribution in [-0.2, 0) is 0 Å². The van der Waals surface area contributed by atoms with Crippen LogP contribution in [-0.4, -0.2) is 17.6 Å². The van der Waals surface area contributed by atoms with Crippen molar-refractivity contribution in [3.63, 3.8) is 0 Å². The van der Waals surface area contributed by atoms with E-state index in [1.807, 2.05) is 0 Å².